The van der Waals surface area contributed by atoms with Crippen molar-refractivity contribution < 1.29 is 23.9 Å². The van der Waals surface area contributed by atoms with Crippen LogP contribution in [0.15, 0.2) is 133 Å². The topological polar surface area (TPSA) is 72.9 Å². The molecular formula is C42H33NO5. The van der Waals surface area contributed by atoms with E-state index in [2.05, 4.69) is 0 Å². The van der Waals surface area contributed by atoms with Crippen molar-refractivity contribution in [1.29, 1.82) is 0 Å². The summed E-state index contributed by atoms with van der Waals surface area (Å²) >= 11 is 0. The molecule has 236 valence electrons. The molecule has 5 aromatic rings. The molecule has 1 saturated carbocycles. The second-order valence-electron chi connectivity index (χ2n) is 12.6. The molecule has 1 aliphatic heterocycles. The van der Waals surface area contributed by atoms with Crippen molar-refractivity contribution in [2.75, 3.05) is 19.1 Å². The van der Waals surface area contributed by atoms with Crippen LogP contribution in [0, 0.1) is 18.8 Å². The van der Waals surface area contributed by atoms with Gasteiger partial charge in [0.15, 0.2) is 5.78 Å². The van der Waals surface area contributed by atoms with Crippen molar-refractivity contribution >= 4 is 34.4 Å². The summed E-state index contributed by atoms with van der Waals surface area (Å²) in [6.45, 7) is 1.90. The van der Waals surface area contributed by atoms with Crippen LogP contribution in [0.5, 0.6) is 11.5 Å². The lowest BCUT2D eigenvalue weighted by Gasteiger charge is -2.39. The van der Waals surface area contributed by atoms with E-state index in [1.165, 1.54) is 4.90 Å². The highest BCUT2D eigenvalue weighted by molar-refractivity contribution is 6.39. The number of allylic oxidation sites excluding steroid dienone is 2. The number of carbonyl (C=O) groups is 3. The zero-order valence-corrected chi connectivity index (χ0v) is 26.8. The van der Waals surface area contributed by atoms with Crippen LogP contribution < -0.4 is 14.4 Å². The van der Waals surface area contributed by atoms with Crippen LogP contribution in [-0.2, 0) is 25.2 Å². The molecular weight excluding hydrogens is 598 g/mol. The van der Waals surface area contributed by atoms with Crippen LogP contribution in [0.25, 0.3) is 11.1 Å². The molecule has 8 rings (SSSR count). The SMILES string of the molecule is COc1ccc(C2=C(c3ccc(OC)cc3)[C@@]3(c4ccccc4)C(=O)[C@@]2(c2ccccc2)[C@@H]2C(=O)N(c4ccccc4C)C(=O)[C@H]23)cc1. The highest BCUT2D eigenvalue weighted by Crippen LogP contribution is 2.74. The minimum Gasteiger partial charge on any atom is -0.497 e. The van der Waals surface area contributed by atoms with Gasteiger partial charge in [-0.1, -0.05) is 103 Å². The molecule has 0 aromatic heterocycles. The van der Waals surface area contributed by atoms with Crippen molar-refractivity contribution in [3.63, 3.8) is 0 Å². The number of Topliss-reactive ketones (excluding diaryl/α,β-unsaturated/α-hetero) is 1. The van der Waals surface area contributed by atoms with Gasteiger partial charge in [0.25, 0.3) is 0 Å². The van der Waals surface area contributed by atoms with Crippen molar-refractivity contribution in [3.8, 4) is 11.5 Å². The summed E-state index contributed by atoms with van der Waals surface area (Å²) < 4.78 is 11.0. The number of imide groups is 1. The molecule has 6 heteroatoms. The minimum atomic E-state index is -1.48. The number of benzene rings is 5. The fourth-order valence-corrected chi connectivity index (χ4v) is 8.69. The maximum absolute atomic E-state index is 16.0. The van der Waals surface area contributed by atoms with E-state index in [1.54, 1.807) is 14.2 Å². The van der Waals surface area contributed by atoms with Crippen LogP contribution >= 0.6 is 0 Å². The second-order valence-corrected chi connectivity index (χ2v) is 12.6. The number of fused-ring (bicyclic) bond motifs is 5. The first kappa shape index (κ1) is 29.6. The summed E-state index contributed by atoms with van der Waals surface area (Å²) in [6.07, 6.45) is 0. The van der Waals surface area contributed by atoms with Crippen molar-refractivity contribution in [1.82, 2.24) is 0 Å². The predicted octanol–water partition coefficient (Wildman–Crippen LogP) is 7.20. The Hall–Kier alpha value is -5.75. The highest BCUT2D eigenvalue weighted by atomic mass is 16.5. The lowest BCUT2D eigenvalue weighted by atomic mass is 9.59. The van der Waals surface area contributed by atoms with E-state index < -0.39 is 22.7 Å². The van der Waals surface area contributed by atoms with Gasteiger partial charge in [-0.05, 0) is 76.2 Å². The number of para-hydroxylation sites is 1. The van der Waals surface area contributed by atoms with E-state index in [9.17, 15) is 0 Å². The molecule has 5 aromatic carbocycles. The summed E-state index contributed by atoms with van der Waals surface area (Å²) in [7, 11) is 3.23. The third-order valence-electron chi connectivity index (χ3n) is 10.6. The lowest BCUT2D eigenvalue weighted by Crippen LogP contribution is -2.45. The van der Waals surface area contributed by atoms with Crippen molar-refractivity contribution in [3.05, 3.63) is 161 Å². The molecule has 4 atom stereocenters. The summed E-state index contributed by atoms with van der Waals surface area (Å²) in [5, 5.41) is 0. The first-order valence-corrected chi connectivity index (χ1v) is 16.0. The van der Waals surface area contributed by atoms with Gasteiger partial charge in [-0.2, -0.15) is 0 Å². The van der Waals surface area contributed by atoms with Gasteiger partial charge < -0.3 is 9.47 Å². The Labute approximate surface area is 279 Å². The number of hydrogen-bond acceptors (Lipinski definition) is 5. The minimum absolute atomic E-state index is 0.162. The molecule has 0 spiro atoms. The number of ether oxygens (including phenoxy) is 2. The fourth-order valence-electron chi connectivity index (χ4n) is 8.69. The Kier molecular flexibility index (Phi) is 6.74. The number of anilines is 1. The zero-order valence-electron chi connectivity index (χ0n) is 26.8. The van der Waals surface area contributed by atoms with E-state index in [4.69, 9.17) is 9.47 Å². The highest BCUT2D eigenvalue weighted by Gasteiger charge is 2.82. The van der Waals surface area contributed by atoms with Gasteiger partial charge in [0.2, 0.25) is 11.8 Å². The molecule has 2 fully saturated rings. The number of rotatable bonds is 7. The Morgan fingerprint density at radius 2 is 0.917 bits per heavy atom. The van der Waals surface area contributed by atoms with Crippen LogP contribution in [0.2, 0.25) is 0 Å². The van der Waals surface area contributed by atoms with Gasteiger partial charge in [0, 0.05) is 0 Å². The molecule has 48 heavy (non-hydrogen) atoms. The van der Waals surface area contributed by atoms with Crippen LogP contribution in [0.1, 0.15) is 27.8 Å². The Balaban J connectivity index is 1.55. The molecule has 0 unspecified atom stereocenters. The van der Waals surface area contributed by atoms with Gasteiger partial charge in [0.05, 0.1) is 42.6 Å². The molecule has 2 bridgehead atoms. The Morgan fingerprint density at radius 1 is 0.521 bits per heavy atom. The normalized spacial score (nSPS) is 24.3. The van der Waals surface area contributed by atoms with Crippen LogP contribution in [0.3, 0.4) is 0 Å². The second kappa shape index (κ2) is 10.9. The van der Waals surface area contributed by atoms with Crippen LogP contribution in [-0.4, -0.2) is 31.8 Å². The van der Waals surface area contributed by atoms with E-state index in [1.807, 2.05) is 140 Å². The fraction of sp³-hybridized carbons (Fsp3) is 0.167. The number of nitrogens with zero attached hydrogens (tertiary/aromatic N) is 1. The smallest absolute Gasteiger partial charge is 0.239 e. The molecule has 1 heterocycles. The van der Waals surface area contributed by atoms with Crippen molar-refractivity contribution in [2.45, 2.75) is 17.8 Å². The quantitative estimate of drug-likeness (QED) is 0.178. The van der Waals surface area contributed by atoms with E-state index in [0.29, 0.717) is 28.3 Å². The number of ketones is 1. The maximum Gasteiger partial charge on any atom is 0.239 e. The average Bonchev–Trinajstić information content (AvgIpc) is 3.64. The van der Waals surface area contributed by atoms with Gasteiger partial charge >= 0.3 is 0 Å². The number of carbonyl (C=O) groups excluding carboxylic acids is 3. The third-order valence-corrected chi connectivity index (χ3v) is 10.6. The summed E-state index contributed by atoms with van der Waals surface area (Å²) in [5.41, 5.74) is 2.78. The summed E-state index contributed by atoms with van der Waals surface area (Å²) in [5.74, 6) is -1.53. The summed E-state index contributed by atoms with van der Waals surface area (Å²) in [6, 6.07) is 41.8. The number of aryl methyl sites for hydroxylation is 1. The van der Waals surface area contributed by atoms with E-state index in [-0.39, 0.29) is 17.6 Å². The Bertz CT molecular complexity index is 1990. The van der Waals surface area contributed by atoms with Gasteiger partial charge in [-0.15, -0.1) is 0 Å². The van der Waals surface area contributed by atoms with Crippen LogP contribution in [0.4, 0.5) is 5.69 Å². The largest absolute Gasteiger partial charge is 0.497 e. The third kappa shape index (κ3) is 3.71. The molecule has 6 nitrogen and oxygen atoms in total. The number of amides is 2. The van der Waals surface area contributed by atoms with Crippen molar-refractivity contribution in [2.24, 2.45) is 11.8 Å². The van der Waals surface area contributed by atoms with E-state index in [0.717, 1.165) is 27.8 Å². The van der Waals surface area contributed by atoms with Gasteiger partial charge in [0.1, 0.15) is 11.5 Å². The van der Waals surface area contributed by atoms with Gasteiger partial charge in [-0.3, -0.25) is 14.4 Å². The molecule has 1 saturated heterocycles. The maximum atomic E-state index is 16.0. The number of hydrogen-bond donors (Lipinski definition) is 0. The average molecular weight is 632 g/mol. The zero-order chi connectivity index (χ0) is 33.2. The first-order chi connectivity index (χ1) is 23.4. The predicted molar refractivity (Wildman–Crippen MR) is 185 cm³/mol. The molecule has 0 N–H and O–H groups in total. The molecule has 0 radical (unpaired) electrons. The molecule has 2 amide bonds. The summed E-state index contributed by atoms with van der Waals surface area (Å²) in [4.78, 5) is 47.6. The monoisotopic (exact) mass is 631 g/mol. The van der Waals surface area contributed by atoms with Gasteiger partial charge in [-0.25, -0.2) is 4.90 Å². The van der Waals surface area contributed by atoms with E-state index >= 15 is 14.4 Å². The Morgan fingerprint density at radius 3 is 1.31 bits per heavy atom. The molecule has 2 aliphatic carbocycles. The lowest BCUT2D eigenvalue weighted by molar-refractivity contribution is -0.130. The molecule has 3 aliphatic rings. The first-order valence-electron chi connectivity index (χ1n) is 16.0. The standard InChI is InChI=1S/C42H33NO5/c1-26-12-10-11-17-33(26)43-38(44)36-37(39(43)45)42(30-15-8-5-9-16-30)35(28-20-24-32(48-3)25-21-28)34(27-18-22-31(47-2)23-19-27)41(36,40(42)46)29-13-6-4-7-14-29/h4-25,36-37H,1-3H3/t36-,37-,41+,42+/m0/s1. The number of methoxy groups -OCH3 is 2.